The fourth-order valence-corrected chi connectivity index (χ4v) is 15.7. The molecule has 3 rings (SSSR count). The Morgan fingerprint density at radius 1 is 0.891 bits per heavy atom. The van der Waals surface area contributed by atoms with E-state index in [-0.39, 0.29) is 35.8 Å². The van der Waals surface area contributed by atoms with Crippen molar-refractivity contribution in [1.29, 1.82) is 0 Å². The number of esters is 1. The maximum Gasteiger partial charge on any atom is 0.330 e. The van der Waals surface area contributed by atoms with Gasteiger partial charge in [-0.3, -0.25) is 0 Å². The molecule has 0 radical (unpaired) electrons. The third kappa shape index (κ3) is 12.7. The molecule has 0 aliphatic carbocycles. The van der Waals surface area contributed by atoms with Crippen molar-refractivity contribution in [3.05, 3.63) is 36.0 Å². The van der Waals surface area contributed by atoms with Crippen LogP contribution in [0.4, 0.5) is 0 Å². The second-order valence-electron chi connectivity index (χ2n) is 19.5. The second-order valence-corrected chi connectivity index (χ2v) is 30.6. The normalized spacial score (nSPS) is 29.1. The van der Waals surface area contributed by atoms with Crippen molar-refractivity contribution < 1.29 is 32.9 Å². The van der Waals surface area contributed by atoms with Crippen LogP contribution in [0.3, 0.4) is 0 Å². The zero-order valence-electron chi connectivity index (χ0n) is 38.1. The van der Waals surface area contributed by atoms with Crippen LogP contribution < -0.4 is 0 Å². The summed E-state index contributed by atoms with van der Waals surface area (Å²) in [6.07, 6.45) is 19.8. The van der Waals surface area contributed by atoms with E-state index in [2.05, 4.69) is 121 Å². The van der Waals surface area contributed by atoms with Gasteiger partial charge < -0.3 is 28.1 Å². The van der Waals surface area contributed by atoms with Gasteiger partial charge in [-0.2, -0.15) is 0 Å². The number of hydrogen-bond donors (Lipinski definition) is 0. The van der Waals surface area contributed by atoms with Crippen molar-refractivity contribution in [3.8, 4) is 0 Å². The van der Waals surface area contributed by atoms with Gasteiger partial charge in [-0.15, -0.1) is 0 Å². The molecular weight excluding hydrogens is 721 g/mol. The first-order valence-corrected chi connectivity index (χ1v) is 28.1. The van der Waals surface area contributed by atoms with E-state index in [1.165, 1.54) is 5.57 Å². The SMILES string of the molecule is CCCC[C@]1([C@@H]2COC(CC)(CC)O2)CC[C@]2(CC[C@H](C)[C@@H](C/C=C(C)/C=C/[C@H](O[Si](C(C)C)(C(C)C)C(C)C)[C@@H](C)/C=C/C(=O)OCC[Si](C)(C)C)O2)O1. The molecule has 0 unspecified atom stereocenters. The van der Waals surface area contributed by atoms with Crippen LogP contribution in [0.15, 0.2) is 36.0 Å². The largest absolute Gasteiger partial charge is 0.463 e. The third-order valence-electron chi connectivity index (χ3n) is 13.2. The molecule has 3 aliphatic heterocycles. The van der Waals surface area contributed by atoms with Gasteiger partial charge in [0, 0.05) is 32.9 Å². The number of carbonyl (C=O) groups is 1. The van der Waals surface area contributed by atoms with E-state index in [1.807, 2.05) is 6.08 Å². The highest BCUT2D eigenvalue weighted by atomic mass is 28.4. The fourth-order valence-electron chi connectivity index (χ4n) is 9.40. The summed E-state index contributed by atoms with van der Waals surface area (Å²) >= 11 is 0. The zero-order chi connectivity index (χ0) is 41.2. The Hall–Kier alpha value is -1.08. The molecule has 9 heteroatoms. The Kier molecular flexibility index (Phi) is 18.2. The minimum absolute atomic E-state index is 0.000164. The molecule has 0 aromatic heterocycles. The molecule has 3 heterocycles. The maximum absolute atomic E-state index is 12.7. The van der Waals surface area contributed by atoms with Gasteiger partial charge in [0.25, 0.3) is 0 Å². The summed E-state index contributed by atoms with van der Waals surface area (Å²) in [4.78, 5) is 12.7. The molecule has 0 amide bonds. The summed E-state index contributed by atoms with van der Waals surface area (Å²) in [6.45, 7) is 35.1. The van der Waals surface area contributed by atoms with Gasteiger partial charge in [-0.25, -0.2) is 4.79 Å². The van der Waals surface area contributed by atoms with Crippen LogP contribution in [0.2, 0.25) is 42.3 Å². The molecule has 7 atom stereocenters. The van der Waals surface area contributed by atoms with Crippen LogP contribution in [-0.2, 0) is 32.9 Å². The highest BCUT2D eigenvalue weighted by molar-refractivity contribution is 6.77. The van der Waals surface area contributed by atoms with Crippen LogP contribution in [0.1, 0.15) is 147 Å². The smallest absolute Gasteiger partial charge is 0.330 e. The van der Waals surface area contributed by atoms with Crippen LogP contribution in [0, 0.1) is 11.8 Å². The first-order chi connectivity index (χ1) is 25.7. The van der Waals surface area contributed by atoms with E-state index < -0.39 is 28.0 Å². The Morgan fingerprint density at radius 2 is 1.55 bits per heavy atom. The molecule has 0 aromatic carbocycles. The van der Waals surface area contributed by atoms with Gasteiger partial charge in [0.15, 0.2) is 11.6 Å². The topological polar surface area (TPSA) is 72.5 Å². The van der Waals surface area contributed by atoms with Gasteiger partial charge >= 0.3 is 5.97 Å². The Balaban J connectivity index is 1.79. The average Bonchev–Trinajstić information content (AvgIpc) is 3.72. The monoisotopic (exact) mass is 805 g/mol. The highest BCUT2D eigenvalue weighted by Gasteiger charge is 2.59. The van der Waals surface area contributed by atoms with Gasteiger partial charge in [0.1, 0.15) is 11.7 Å². The number of rotatable bonds is 21. The molecule has 3 aliphatic rings. The standard InChI is InChI=1S/C46H84O7Si2/c1-16-19-27-44(42-33-49-45(17-2,18-3)51-42)29-30-46(53-44)28-26-39(12)40(50-46)23-20-37(10)21-24-41(52-55(34(4)5,35(6)7)36(8)9)38(11)22-25-43(47)48-31-32-54(13,14)15/h20-22,24-25,34-36,38-42H,16-19,23,26-33H2,1-15H3/b24-21+,25-22+,37-20+/t38-,39-,40+,41-,42-,44+,46-/m0/s1. The summed E-state index contributed by atoms with van der Waals surface area (Å²) in [6, 6.07) is 0.968. The molecule has 55 heavy (non-hydrogen) atoms. The average molecular weight is 805 g/mol. The lowest BCUT2D eigenvalue weighted by Crippen LogP contribution is -2.50. The summed E-state index contributed by atoms with van der Waals surface area (Å²) in [5, 5.41) is 0. The minimum atomic E-state index is -2.21. The van der Waals surface area contributed by atoms with E-state index >= 15 is 0 Å². The first-order valence-electron chi connectivity index (χ1n) is 22.3. The molecule has 1 spiro atoms. The predicted molar refractivity (Wildman–Crippen MR) is 234 cm³/mol. The number of carbonyl (C=O) groups excluding carboxylic acids is 1. The van der Waals surface area contributed by atoms with Gasteiger partial charge in [0.2, 0.25) is 8.32 Å². The lowest BCUT2D eigenvalue weighted by molar-refractivity contribution is -0.314. The number of ether oxygens (including phenoxy) is 5. The Morgan fingerprint density at radius 3 is 2.11 bits per heavy atom. The van der Waals surface area contributed by atoms with Crippen LogP contribution in [0.5, 0.6) is 0 Å². The number of hydrogen-bond acceptors (Lipinski definition) is 7. The number of unbranched alkanes of at least 4 members (excludes halogenated alkanes) is 1. The zero-order valence-corrected chi connectivity index (χ0v) is 40.1. The molecule has 7 nitrogen and oxygen atoms in total. The van der Waals surface area contributed by atoms with Crippen molar-refractivity contribution in [1.82, 2.24) is 0 Å². The maximum atomic E-state index is 12.7. The Labute approximate surface area is 340 Å². The van der Waals surface area contributed by atoms with E-state index in [1.54, 1.807) is 6.08 Å². The van der Waals surface area contributed by atoms with E-state index in [0.29, 0.717) is 35.8 Å². The van der Waals surface area contributed by atoms with Crippen LogP contribution in [-0.4, -0.2) is 71.1 Å². The van der Waals surface area contributed by atoms with E-state index in [0.717, 1.165) is 70.3 Å². The molecule has 3 fully saturated rings. The lowest BCUT2D eigenvalue weighted by atomic mass is 9.86. The molecule has 0 N–H and O–H groups in total. The van der Waals surface area contributed by atoms with Crippen LogP contribution in [0.25, 0.3) is 0 Å². The van der Waals surface area contributed by atoms with Crippen molar-refractivity contribution in [2.45, 2.75) is 225 Å². The van der Waals surface area contributed by atoms with Crippen molar-refractivity contribution in [2.24, 2.45) is 11.8 Å². The van der Waals surface area contributed by atoms with Crippen molar-refractivity contribution >= 4 is 22.4 Å². The lowest BCUT2D eigenvalue weighted by Gasteiger charge is -2.45. The molecule has 318 valence electrons. The molecule has 0 saturated carbocycles. The first kappa shape index (κ1) is 48.3. The second kappa shape index (κ2) is 20.8. The highest BCUT2D eigenvalue weighted by Crippen LogP contribution is 2.52. The summed E-state index contributed by atoms with van der Waals surface area (Å²) in [5.41, 5.74) is 2.17. The van der Waals surface area contributed by atoms with Gasteiger partial charge in [-0.05, 0) is 74.0 Å². The predicted octanol–water partition coefficient (Wildman–Crippen LogP) is 12.7. The molecule has 0 bridgehead atoms. The molecule has 3 saturated heterocycles. The van der Waals surface area contributed by atoms with Crippen LogP contribution >= 0.6 is 0 Å². The number of allylic oxidation sites excluding steroid dienone is 2. The molecular formula is C46H84O7Si2. The molecule has 0 aromatic rings. The minimum Gasteiger partial charge on any atom is -0.463 e. The van der Waals surface area contributed by atoms with Crippen molar-refractivity contribution in [2.75, 3.05) is 13.2 Å². The van der Waals surface area contributed by atoms with Gasteiger partial charge in [0.05, 0.1) is 25.4 Å². The summed E-state index contributed by atoms with van der Waals surface area (Å²) < 4.78 is 40.2. The third-order valence-corrected chi connectivity index (χ3v) is 21.0. The fraction of sp³-hybridized carbons (Fsp3) is 0.848. The quantitative estimate of drug-likeness (QED) is 0.0495. The van der Waals surface area contributed by atoms with E-state index in [4.69, 9.17) is 28.1 Å². The summed E-state index contributed by atoms with van der Waals surface area (Å²) in [5.74, 6) is -0.892. The Bertz CT molecular complexity index is 1260. The van der Waals surface area contributed by atoms with Crippen molar-refractivity contribution in [3.63, 3.8) is 0 Å². The van der Waals surface area contributed by atoms with E-state index in [9.17, 15) is 4.79 Å². The van der Waals surface area contributed by atoms with Gasteiger partial charge in [-0.1, -0.05) is 139 Å². The summed E-state index contributed by atoms with van der Waals surface area (Å²) in [7, 11) is -3.48.